The normalized spacial score (nSPS) is 13.0. The zero-order valence-corrected chi connectivity index (χ0v) is 24.5. The molecule has 2 aromatic rings. The van der Waals surface area contributed by atoms with E-state index in [9.17, 15) is 24.3 Å². The fourth-order valence-corrected chi connectivity index (χ4v) is 3.69. The van der Waals surface area contributed by atoms with Crippen LogP contribution in [-0.4, -0.2) is 65.2 Å². The molecule has 2 aromatic carbocycles. The lowest BCUT2D eigenvalue weighted by atomic mass is 10.0. The highest BCUT2D eigenvalue weighted by Crippen LogP contribution is 2.10. The maximum absolute atomic E-state index is 13.3. The van der Waals surface area contributed by atoms with Crippen LogP contribution >= 0.6 is 0 Å². The summed E-state index contributed by atoms with van der Waals surface area (Å²) in [5.74, 6) is -1.31. The summed E-state index contributed by atoms with van der Waals surface area (Å²) >= 11 is 0. The summed E-state index contributed by atoms with van der Waals surface area (Å²) in [5, 5.41) is 20.2. The molecule has 0 spiro atoms. The Labute approximate surface area is 241 Å². The number of aliphatic hydroxyl groups excluding tert-OH is 1. The van der Waals surface area contributed by atoms with Crippen LogP contribution in [0.15, 0.2) is 60.7 Å². The van der Waals surface area contributed by atoms with Gasteiger partial charge in [0, 0.05) is 12.8 Å². The number of alkyl carbamates (subject to hydrolysis) is 2. The lowest BCUT2D eigenvalue weighted by Crippen LogP contribution is -2.59. The summed E-state index contributed by atoms with van der Waals surface area (Å²) in [6.45, 7) is 9.56. The number of nitrogens with one attached hydrogen (secondary N) is 4. The number of carbonyl (C=O) groups excluding carboxylic acids is 4. The van der Waals surface area contributed by atoms with E-state index in [-0.39, 0.29) is 12.8 Å². The van der Waals surface area contributed by atoms with Crippen molar-refractivity contribution < 1.29 is 33.8 Å². The quantitative estimate of drug-likeness (QED) is 0.260. The second-order valence-corrected chi connectivity index (χ2v) is 11.5. The van der Waals surface area contributed by atoms with Crippen molar-refractivity contribution in [2.45, 2.75) is 83.8 Å². The van der Waals surface area contributed by atoms with Crippen molar-refractivity contribution in [1.82, 2.24) is 21.3 Å². The van der Waals surface area contributed by atoms with Crippen LogP contribution in [0.1, 0.15) is 52.7 Å². The molecule has 11 nitrogen and oxygen atoms in total. The van der Waals surface area contributed by atoms with Gasteiger partial charge >= 0.3 is 12.2 Å². The van der Waals surface area contributed by atoms with Gasteiger partial charge in [-0.1, -0.05) is 60.7 Å². The molecule has 0 aliphatic carbocycles. The molecule has 2 atom stereocenters. The molecule has 0 aromatic heterocycles. The predicted octanol–water partition coefficient (Wildman–Crippen LogP) is 2.81. The Morgan fingerprint density at radius 3 is 1.27 bits per heavy atom. The van der Waals surface area contributed by atoms with Gasteiger partial charge in [0.1, 0.15) is 29.5 Å². The van der Waals surface area contributed by atoms with Crippen LogP contribution in [0.4, 0.5) is 9.59 Å². The molecule has 41 heavy (non-hydrogen) atoms. The number of hydrogen-bond donors (Lipinski definition) is 5. The van der Waals surface area contributed by atoms with Gasteiger partial charge in [-0.05, 0) is 52.7 Å². The van der Waals surface area contributed by atoms with E-state index in [1.165, 1.54) is 0 Å². The van der Waals surface area contributed by atoms with Gasteiger partial charge in [0.15, 0.2) is 0 Å². The van der Waals surface area contributed by atoms with E-state index < -0.39 is 60.1 Å². The van der Waals surface area contributed by atoms with Gasteiger partial charge < -0.3 is 35.8 Å². The summed E-state index contributed by atoms with van der Waals surface area (Å²) in [6, 6.07) is 15.9. The second kappa shape index (κ2) is 15.0. The summed E-state index contributed by atoms with van der Waals surface area (Å²) in [5.41, 5.74) is -0.0153. The molecular weight excluding hydrogens is 528 g/mol. The van der Waals surface area contributed by atoms with Crippen molar-refractivity contribution in [3.63, 3.8) is 0 Å². The minimum Gasteiger partial charge on any atom is -0.444 e. The summed E-state index contributed by atoms with van der Waals surface area (Å²) < 4.78 is 10.6. The third-order valence-corrected chi connectivity index (χ3v) is 5.40. The fourth-order valence-electron chi connectivity index (χ4n) is 3.69. The van der Waals surface area contributed by atoms with E-state index in [0.717, 1.165) is 11.1 Å². The minimum absolute atomic E-state index is 0.134. The molecule has 0 bridgehead atoms. The van der Waals surface area contributed by atoms with Crippen LogP contribution in [0.5, 0.6) is 0 Å². The summed E-state index contributed by atoms with van der Waals surface area (Å²) in [6.07, 6.45) is -2.53. The molecule has 2 rings (SSSR count). The molecule has 0 heterocycles. The van der Waals surface area contributed by atoms with Gasteiger partial charge in [0.25, 0.3) is 0 Å². The van der Waals surface area contributed by atoms with Gasteiger partial charge in [-0.25, -0.2) is 9.59 Å². The van der Waals surface area contributed by atoms with Crippen LogP contribution in [0.2, 0.25) is 0 Å². The smallest absolute Gasteiger partial charge is 0.408 e. The topological polar surface area (TPSA) is 155 Å². The highest BCUT2D eigenvalue weighted by atomic mass is 16.6. The van der Waals surface area contributed by atoms with Gasteiger partial charge in [-0.2, -0.15) is 0 Å². The molecule has 224 valence electrons. The van der Waals surface area contributed by atoms with Gasteiger partial charge in [-0.15, -0.1) is 0 Å². The van der Waals surface area contributed by atoms with E-state index in [0.29, 0.717) is 0 Å². The molecule has 0 unspecified atom stereocenters. The zero-order chi connectivity index (χ0) is 30.6. The first-order chi connectivity index (χ1) is 19.1. The first-order valence-corrected chi connectivity index (χ1v) is 13.4. The summed E-state index contributed by atoms with van der Waals surface area (Å²) in [4.78, 5) is 51.5. The van der Waals surface area contributed by atoms with Crippen molar-refractivity contribution in [2.75, 3.05) is 6.61 Å². The number of hydrogen-bond acceptors (Lipinski definition) is 7. The van der Waals surface area contributed by atoms with Crippen molar-refractivity contribution in [1.29, 1.82) is 0 Å². The lowest BCUT2D eigenvalue weighted by molar-refractivity contribution is -0.127. The maximum Gasteiger partial charge on any atom is 0.408 e. The van der Waals surface area contributed by atoms with Crippen molar-refractivity contribution in [3.8, 4) is 0 Å². The van der Waals surface area contributed by atoms with Crippen molar-refractivity contribution >= 4 is 24.0 Å². The number of carbonyl (C=O) groups is 4. The average Bonchev–Trinajstić information content (AvgIpc) is 2.86. The third kappa shape index (κ3) is 13.2. The Kier molecular flexibility index (Phi) is 12.1. The van der Waals surface area contributed by atoms with Gasteiger partial charge in [-0.3, -0.25) is 9.59 Å². The summed E-state index contributed by atoms with van der Waals surface area (Å²) in [7, 11) is 0. The predicted molar refractivity (Wildman–Crippen MR) is 154 cm³/mol. The second-order valence-electron chi connectivity index (χ2n) is 11.5. The van der Waals surface area contributed by atoms with E-state index in [2.05, 4.69) is 21.3 Å². The first-order valence-electron chi connectivity index (χ1n) is 13.4. The molecule has 0 saturated carbocycles. The third-order valence-electron chi connectivity index (χ3n) is 5.40. The number of benzene rings is 2. The number of amides is 4. The largest absolute Gasteiger partial charge is 0.444 e. The van der Waals surface area contributed by atoms with E-state index in [1.54, 1.807) is 90.1 Å². The Bertz CT molecular complexity index is 1060. The van der Waals surface area contributed by atoms with Gasteiger partial charge in [0.05, 0.1) is 6.61 Å². The Balaban J connectivity index is 2.17. The highest BCUT2D eigenvalue weighted by molar-refractivity contribution is 5.88. The SMILES string of the molecule is CC(C)(C)OC(=O)N[C@@H](Cc1ccccc1)C(=O)NC(CO)NC(=O)[C@H](Cc1ccccc1)NC(=O)OC(C)(C)C. The molecule has 0 saturated heterocycles. The van der Waals surface area contributed by atoms with Crippen LogP contribution in [0.3, 0.4) is 0 Å². The minimum atomic E-state index is -1.22. The first kappa shape index (κ1) is 33.1. The molecule has 0 radical (unpaired) electrons. The molecule has 4 amide bonds. The van der Waals surface area contributed by atoms with E-state index >= 15 is 0 Å². The Hall–Kier alpha value is -4.12. The standard InChI is InChI=1S/C30H42N4O7/c1-29(2,3)40-27(38)31-22(17-20-13-9-7-10-14-20)25(36)33-24(19-35)34-26(37)23(18-21-15-11-8-12-16-21)32-28(39)41-30(4,5)6/h7-16,22-24,35H,17-19H2,1-6H3,(H,31,38)(H,32,39)(H,33,36)(H,34,37)/t22-,23-/m0/s1. The molecule has 0 aliphatic heterocycles. The highest BCUT2D eigenvalue weighted by Gasteiger charge is 2.29. The van der Waals surface area contributed by atoms with Crippen molar-refractivity contribution in [3.05, 3.63) is 71.8 Å². The number of ether oxygens (including phenoxy) is 2. The molecule has 0 aliphatic rings. The Morgan fingerprint density at radius 1 is 0.634 bits per heavy atom. The molecule has 0 fully saturated rings. The van der Waals surface area contributed by atoms with Crippen molar-refractivity contribution in [2.24, 2.45) is 0 Å². The molecule has 5 N–H and O–H groups in total. The maximum atomic E-state index is 13.3. The number of rotatable bonds is 11. The fraction of sp³-hybridized carbons (Fsp3) is 0.467. The van der Waals surface area contributed by atoms with Gasteiger partial charge in [0.2, 0.25) is 11.8 Å². The average molecular weight is 571 g/mol. The van der Waals surface area contributed by atoms with E-state index in [4.69, 9.17) is 9.47 Å². The Morgan fingerprint density at radius 2 is 0.976 bits per heavy atom. The van der Waals surface area contributed by atoms with Crippen LogP contribution in [0, 0.1) is 0 Å². The van der Waals surface area contributed by atoms with E-state index in [1.807, 2.05) is 12.1 Å². The zero-order valence-electron chi connectivity index (χ0n) is 24.5. The van der Waals surface area contributed by atoms with Crippen LogP contribution in [0.25, 0.3) is 0 Å². The lowest BCUT2D eigenvalue weighted by Gasteiger charge is -2.27. The monoisotopic (exact) mass is 570 g/mol. The van der Waals surface area contributed by atoms with Crippen LogP contribution in [-0.2, 0) is 31.9 Å². The van der Waals surface area contributed by atoms with Crippen LogP contribution < -0.4 is 21.3 Å². The molecular formula is C30H42N4O7. The number of aliphatic hydroxyl groups is 1. The molecule has 11 heteroatoms.